The quantitative estimate of drug-likeness (QED) is 0.478. The first-order chi connectivity index (χ1) is 10.9. The summed E-state index contributed by atoms with van der Waals surface area (Å²) in [7, 11) is 0. The van der Waals surface area contributed by atoms with Crippen LogP contribution in [0, 0.1) is 0 Å². The van der Waals surface area contributed by atoms with Gasteiger partial charge < -0.3 is 0 Å². The van der Waals surface area contributed by atoms with Crippen molar-refractivity contribution in [2.45, 2.75) is 25.7 Å². The molecule has 2 aromatic carbocycles. The SMILES string of the molecule is c1ccc2cc(-c3cn4c5c(sc4n3)CCCC5)ccc2c1. The second-order valence-electron chi connectivity index (χ2n) is 6.02. The average Bonchev–Trinajstić information content (AvgIpc) is 3.12. The second-order valence-corrected chi connectivity index (χ2v) is 7.08. The molecule has 4 aromatic rings. The van der Waals surface area contributed by atoms with Crippen molar-refractivity contribution in [1.82, 2.24) is 9.38 Å². The van der Waals surface area contributed by atoms with E-state index < -0.39 is 0 Å². The van der Waals surface area contributed by atoms with E-state index in [0.717, 1.165) is 10.7 Å². The van der Waals surface area contributed by atoms with E-state index in [1.165, 1.54) is 47.7 Å². The molecule has 108 valence electrons. The minimum Gasteiger partial charge on any atom is -0.294 e. The van der Waals surface area contributed by atoms with Crippen LogP contribution in [0.4, 0.5) is 0 Å². The van der Waals surface area contributed by atoms with E-state index in [4.69, 9.17) is 4.98 Å². The standard InChI is InChI=1S/C19H16N2S/c1-2-6-14-11-15(10-9-13(14)5-1)16-12-21-17-7-3-4-8-18(17)22-19(21)20-16/h1-2,5-6,9-12H,3-4,7-8H2. The zero-order valence-corrected chi connectivity index (χ0v) is 13.1. The first-order valence-electron chi connectivity index (χ1n) is 7.87. The molecule has 0 aliphatic heterocycles. The van der Waals surface area contributed by atoms with Crippen LogP contribution in [0.3, 0.4) is 0 Å². The zero-order chi connectivity index (χ0) is 14.5. The van der Waals surface area contributed by atoms with Crippen LogP contribution in [-0.4, -0.2) is 9.38 Å². The first-order valence-corrected chi connectivity index (χ1v) is 8.69. The molecule has 0 bridgehead atoms. The summed E-state index contributed by atoms with van der Waals surface area (Å²) in [6.07, 6.45) is 7.29. The lowest BCUT2D eigenvalue weighted by Crippen LogP contribution is -2.01. The Bertz CT molecular complexity index is 993. The lowest BCUT2D eigenvalue weighted by Gasteiger charge is -2.09. The fraction of sp³-hybridized carbons (Fsp3) is 0.211. The molecular weight excluding hydrogens is 288 g/mol. The number of nitrogens with zero attached hydrogens (tertiary/aromatic N) is 2. The molecule has 0 fully saturated rings. The molecule has 2 aromatic heterocycles. The van der Waals surface area contributed by atoms with Crippen molar-refractivity contribution in [2.24, 2.45) is 0 Å². The Kier molecular flexibility index (Phi) is 2.64. The van der Waals surface area contributed by atoms with Gasteiger partial charge in [0.1, 0.15) is 0 Å². The highest BCUT2D eigenvalue weighted by Gasteiger charge is 2.18. The summed E-state index contributed by atoms with van der Waals surface area (Å²) >= 11 is 1.87. The Morgan fingerprint density at radius 1 is 0.955 bits per heavy atom. The predicted octanol–water partition coefficient (Wildman–Crippen LogP) is 5.09. The van der Waals surface area contributed by atoms with Crippen LogP contribution in [0.5, 0.6) is 0 Å². The smallest absolute Gasteiger partial charge is 0.194 e. The van der Waals surface area contributed by atoms with E-state index in [0.29, 0.717) is 0 Å². The minimum atomic E-state index is 1.09. The van der Waals surface area contributed by atoms with Crippen LogP contribution in [0.2, 0.25) is 0 Å². The predicted molar refractivity (Wildman–Crippen MR) is 92.7 cm³/mol. The van der Waals surface area contributed by atoms with Crippen molar-refractivity contribution < 1.29 is 0 Å². The van der Waals surface area contributed by atoms with Crippen LogP contribution in [0.25, 0.3) is 27.0 Å². The average molecular weight is 304 g/mol. The summed E-state index contributed by atoms with van der Waals surface area (Å²) in [5.74, 6) is 0. The lowest BCUT2D eigenvalue weighted by molar-refractivity contribution is 0.674. The van der Waals surface area contributed by atoms with Crippen molar-refractivity contribution in [3.63, 3.8) is 0 Å². The van der Waals surface area contributed by atoms with E-state index in [-0.39, 0.29) is 0 Å². The van der Waals surface area contributed by atoms with Crippen molar-refractivity contribution in [1.29, 1.82) is 0 Å². The van der Waals surface area contributed by atoms with E-state index >= 15 is 0 Å². The third kappa shape index (κ3) is 1.82. The van der Waals surface area contributed by atoms with Gasteiger partial charge in [-0.15, -0.1) is 11.3 Å². The van der Waals surface area contributed by atoms with Crippen molar-refractivity contribution in [2.75, 3.05) is 0 Å². The maximum Gasteiger partial charge on any atom is 0.194 e. The van der Waals surface area contributed by atoms with Gasteiger partial charge >= 0.3 is 0 Å². The van der Waals surface area contributed by atoms with Crippen LogP contribution in [0.1, 0.15) is 23.4 Å². The lowest BCUT2D eigenvalue weighted by atomic mass is 10.0. The van der Waals surface area contributed by atoms with Crippen molar-refractivity contribution in [3.05, 3.63) is 59.2 Å². The maximum absolute atomic E-state index is 4.88. The number of imidazole rings is 1. The molecule has 0 radical (unpaired) electrons. The second kappa shape index (κ2) is 4.68. The van der Waals surface area contributed by atoms with Gasteiger partial charge in [0.15, 0.2) is 4.96 Å². The summed E-state index contributed by atoms with van der Waals surface area (Å²) in [5.41, 5.74) is 3.79. The van der Waals surface area contributed by atoms with Gasteiger partial charge in [-0.2, -0.15) is 0 Å². The summed E-state index contributed by atoms with van der Waals surface area (Å²) in [4.78, 5) is 7.57. The molecule has 5 rings (SSSR count). The third-order valence-electron chi connectivity index (χ3n) is 4.61. The number of aryl methyl sites for hydroxylation is 2. The van der Waals surface area contributed by atoms with Gasteiger partial charge in [-0.25, -0.2) is 4.98 Å². The molecule has 22 heavy (non-hydrogen) atoms. The van der Waals surface area contributed by atoms with Gasteiger partial charge in [-0.05, 0) is 42.5 Å². The topological polar surface area (TPSA) is 17.3 Å². The number of benzene rings is 2. The van der Waals surface area contributed by atoms with E-state index in [1.807, 2.05) is 11.3 Å². The molecule has 1 aliphatic rings. The van der Waals surface area contributed by atoms with Crippen LogP contribution < -0.4 is 0 Å². The van der Waals surface area contributed by atoms with Crippen molar-refractivity contribution >= 4 is 27.1 Å². The van der Waals surface area contributed by atoms with Crippen LogP contribution in [0.15, 0.2) is 48.7 Å². The number of aromatic nitrogens is 2. The highest BCUT2D eigenvalue weighted by Crippen LogP contribution is 2.32. The largest absolute Gasteiger partial charge is 0.294 e. The summed E-state index contributed by atoms with van der Waals surface area (Å²) in [6, 6.07) is 15.1. The summed E-state index contributed by atoms with van der Waals surface area (Å²) < 4.78 is 2.32. The minimum absolute atomic E-state index is 1.09. The van der Waals surface area contributed by atoms with Crippen molar-refractivity contribution in [3.8, 4) is 11.3 Å². The molecule has 0 saturated carbocycles. The van der Waals surface area contributed by atoms with E-state index in [1.54, 1.807) is 4.88 Å². The molecular formula is C19H16N2S. The molecule has 0 spiro atoms. The molecule has 3 heteroatoms. The Morgan fingerprint density at radius 2 is 1.82 bits per heavy atom. The molecule has 0 amide bonds. The van der Waals surface area contributed by atoms with Gasteiger partial charge in [-0.1, -0.05) is 36.4 Å². The Hall–Kier alpha value is -2.13. The van der Waals surface area contributed by atoms with E-state index in [9.17, 15) is 0 Å². The molecule has 0 unspecified atom stereocenters. The van der Waals surface area contributed by atoms with Gasteiger partial charge in [0, 0.05) is 22.3 Å². The van der Waals surface area contributed by atoms with Gasteiger partial charge in [-0.3, -0.25) is 4.40 Å². The van der Waals surface area contributed by atoms with Gasteiger partial charge in [0.05, 0.1) is 5.69 Å². The van der Waals surface area contributed by atoms with Gasteiger partial charge in [0.25, 0.3) is 0 Å². The number of thiazole rings is 1. The number of fused-ring (bicyclic) bond motifs is 4. The van der Waals surface area contributed by atoms with Crippen LogP contribution in [-0.2, 0) is 12.8 Å². The number of rotatable bonds is 1. The zero-order valence-electron chi connectivity index (χ0n) is 12.2. The Balaban J connectivity index is 1.67. The third-order valence-corrected chi connectivity index (χ3v) is 5.77. The molecule has 2 nitrogen and oxygen atoms in total. The monoisotopic (exact) mass is 304 g/mol. The molecule has 0 N–H and O–H groups in total. The van der Waals surface area contributed by atoms with E-state index in [2.05, 4.69) is 53.1 Å². The fourth-order valence-electron chi connectivity index (χ4n) is 3.45. The first kappa shape index (κ1) is 12.4. The number of hydrogen-bond donors (Lipinski definition) is 0. The molecule has 0 saturated heterocycles. The summed E-state index contributed by atoms with van der Waals surface area (Å²) in [6.45, 7) is 0. The maximum atomic E-state index is 4.88. The summed E-state index contributed by atoms with van der Waals surface area (Å²) in [5, 5.41) is 2.56. The molecule has 2 heterocycles. The normalized spacial score (nSPS) is 14.5. The highest BCUT2D eigenvalue weighted by atomic mass is 32.1. The Labute approximate surface area is 133 Å². The van der Waals surface area contributed by atoms with Gasteiger partial charge in [0.2, 0.25) is 0 Å². The highest BCUT2D eigenvalue weighted by molar-refractivity contribution is 7.17. The number of hydrogen-bond acceptors (Lipinski definition) is 2. The van der Waals surface area contributed by atoms with Crippen LogP contribution >= 0.6 is 11.3 Å². The molecule has 1 aliphatic carbocycles. The Morgan fingerprint density at radius 3 is 2.77 bits per heavy atom. The molecule has 0 atom stereocenters. The fourth-order valence-corrected chi connectivity index (χ4v) is 4.64.